The third-order valence-electron chi connectivity index (χ3n) is 2.34. The standard InChI is InChI=1S/C12H9FN2O4/c1-6-5-9(15-19-6)11(16)14-10-7(12(17)18)3-2-4-8(10)13/h2-5H,1H3,(H,14,16)(H,17,18). The zero-order valence-electron chi connectivity index (χ0n) is 9.81. The molecule has 0 radical (unpaired) electrons. The van der Waals surface area contributed by atoms with Crippen molar-refractivity contribution in [3.63, 3.8) is 0 Å². The van der Waals surface area contributed by atoms with Gasteiger partial charge < -0.3 is 14.9 Å². The number of nitrogens with one attached hydrogen (secondary N) is 1. The fraction of sp³-hybridized carbons (Fsp3) is 0.0833. The van der Waals surface area contributed by atoms with Crippen molar-refractivity contribution in [3.8, 4) is 0 Å². The third kappa shape index (κ3) is 2.59. The van der Waals surface area contributed by atoms with E-state index in [1.807, 2.05) is 0 Å². The van der Waals surface area contributed by atoms with Gasteiger partial charge in [0.25, 0.3) is 5.91 Å². The molecule has 6 nitrogen and oxygen atoms in total. The van der Waals surface area contributed by atoms with Crippen LogP contribution in [0.4, 0.5) is 10.1 Å². The summed E-state index contributed by atoms with van der Waals surface area (Å²) in [5, 5.41) is 14.6. The lowest BCUT2D eigenvalue weighted by molar-refractivity contribution is 0.0697. The predicted octanol–water partition coefficient (Wildman–Crippen LogP) is 2.07. The Morgan fingerprint density at radius 3 is 2.74 bits per heavy atom. The van der Waals surface area contributed by atoms with Gasteiger partial charge in [0.05, 0.1) is 11.3 Å². The monoisotopic (exact) mass is 264 g/mol. The summed E-state index contributed by atoms with van der Waals surface area (Å²) in [5.74, 6) is -2.51. The number of anilines is 1. The van der Waals surface area contributed by atoms with E-state index in [9.17, 15) is 14.0 Å². The lowest BCUT2D eigenvalue weighted by Crippen LogP contribution is -2.16. The molecule has 0 fully saturated rings. The first-order chi connectivity index (χ1) is 8.99. The largest absolute Gasteiger partial charge is 0.478 e. The summed E-state index contributed by atoms with van der Waals surface area (Å²) in [7, 11) is 0. The van der Waals surface area contributed by atoms with E-state index in [0.29, 0.717) is 5.76 Å². The number of rotatable bonds is 3. The SMILES string of the molecule is Cc1cc(C(=O)Nc2c(F)cccc2C(=O)O)no1. The molecule has 1 heterocycles. The third-order valence-corrected chi connectivity index (χ3v) is 2.34. The van der Waals surface area contributed by atoms with E-state index in [1.54, 1.807) is 6.92 Å². The van der Waals surface area contributed by atoms with E-state index in [-0.39, 0.29) is 11.3 Å². The number of halogens is 1. The minimum Gasteiger partial charge on any atom is -0.478 e. The van der Waals surface area contributed by atoms with Gasteiger partial charge in [-0.3, -0.25) is 4.79 Å². The Kier molecular flexibility index (Phi) is 3.28. The highest BCUT2D eigenvalue weighted by atomic mass is 19.1. The van der Waals surface area contributed by atoms with Crippen molar-refractivity contribution in [1.82, 2.24) is 5.16 Å². The molecule has 7 heteroatoms. The van der Waals surface area contributed by atoms with E-state index >= 15 is 0 Å². The molecule has 0 bridgehead atoms. The van der Waals surface area contributed by atoms with Crippen molar-refractivity contribution < 1.29 is 23.6 Å². The van der Waals surface area contributed by atoms with Crippen LogP contribution in [0.2, 0.25) is 0 Å². The molecule has 2 N–H and O–H groups in total. The van der Waals surface area contributed by atoms with Crippen LogP contribution in [-0.4, -0.2) is 22.1 Å². The van der Waals surface area contributed by atoms with Gasteiger partial charge in [-0.2, -0.15) is 0 Å². The number of amides is 1. The zero-order chi connectivity index (χ0) is 14.0. The molecule has 0 unspecified atom stereocenters. The van der Waals surface area contributed by atoms with Crippen LogP contribution in [0.25, 0.3) is 0 Å². The summed E-state index contributed by atoms with van der Waals surface area (Å²) in [6.45, 7) is 1.59. The fourth-order valence-electron chi connectivity index (χ4n) is 1.48. The molecule has 1 amide bonds. The topological polar surface area (TPSA) is 92.4 Å². The first kappa shape index (κ1) is 12.7. The Morgan fingerprint density at radius 1 is 1.42 bits per heavy atom. The maximum absolute atomic E-state index is 13.6. The van der Waals surface area contributed by atoms with Gasteiger partial charge >= 0.3 is 5.97 Å². The molecule has 1 aromatic carbocycles. The zero-order valence-corrected chi connectivity index (χ0v) is 9.81. The number of nitrogens with zero attached hydrogens (tertiary/aromatic N) is 1. The Bertz CT molecular complexity index is 651. The minimum atomic E-state index is -1.34. The average Bonchev–Trinajstić information content (AvgIpc) is 2.78. The Balaban J connectivity index is 2.33. The number of carboxylic acids is 1. The predicted molar refractivity (Wildman–Crippen MR) is 62.6 cm³/mol. The number of hydrogen-bond donors (Lipinski definition) is 2. The number of benzene rings is 1. The summed E-state index contributed by atoms with van der Waals surface area (Å²) in [6.07, 6.45) is 0. The molecular weight excluding hydrogens is 255 g/mol. The van der Waals surface area contributed by atoms with Crippen LogP contribution in [0.1, 0.15) is 26.6 Å². The van der Waals surface area contributed by atoms with E-state index in [1.165, 1.54) is 18.2 Å². The van der Waals surface area contributed by atoms with E-state index in [4.69, 9.17) is 9.63 Å². The number of para-hydroxylation sites is 1. The first-order valence-electron chi connectivity index (χ1n) is 5.25. The van der Waals surface area contributed by atoms with Crippen molar-refractivity contribution >= 4 is 17.6 Å². The molecule has 0 saturated carbocycles. The highest BCUT2D eigenvalue weighted by molar-refractivity contribution is 6.06. The highest BCUT2D eigenvalue weighted by Crippen LogP contribution is 2.20. The Morgan fingerprint density at radius 2 is 2.16 bits per heavy atom. The van der Waals surface area contributed by atoms with E-state index in [0.717, 1.165) is 6.07 Å². The highest BCUT2D eigenvalue weighted by Gasteiger charge is 2.19. The second-order valence-electron chi connectivity index (χ2n) is 3.74. The van der Waals surface area contributed by atoms with E-state index < -0.39 is 23.4 Å². The van der Waals surface area contributed by atoms with Crippen LogP contribution in [0, 0.1) is 12.7 Å². The molecule has 2 rings (SSSR count). The lowest BCUT2D eigenvalue weighted by Gasteiger charge is -2.07. The smallest absolute Gasteiger partial charge is 0.337 e. The number of carbonyl (C=O) groups is 2. The number of carboxylic acid groups (broad SMARTS) is 1. The number of carbonyl (C=O) groups excluding carboxylic acids is 1. The van der Waals surface area contributed by atoms with Gasteiger partial charge in [0.2, 0.25) is 0 Å². The van der Waals surface area contributed by atoms with Gasteiger partial charge in [0.1, 0.15) is 11.6 Å². The van der Waals surface area contributed by atoms with Crippen LogP contribution in [0.5, 0.6) is 0 Å². The van der Waals surface area contributed by atoms with Crippen LogP contribution >= 0.6 is 0 Å². The molecule has 19 heavy (non-hydrogen) atoms. The first-order valence-corrected chi connectivity index (χ1v) is 5.25. The van der Waals surface area contributed by atoms with Gasteiger partial charge in [0, 0.05) is 6.07 Å². The summed E-state index contributed by atoms with van der Waals surface area (Å²) in [5.41, 5.74) is -0.800. The van der Waals surface area contributed by atoms with Crippen molar-refractivity contribution in [1.29, 1.82) is 0 Å². The Hall–Kier alpha value is -2.70. The van der Waals surface area contributed by atoms with Gasteiger partial charge in [-0.25, -0.2) is 9.18 Å². The number of hydrogen-bond acceptors (Lipinski definition) is 4. The van der Waals surface area contributed by atoms with Crippen LogP contribution in [-0.2, 0) is 0 Å². The lowest BCUT2D eigenvalue weighted by atomic mass is 10.1. The van der Waals surface area contributed by atoms with E-state index in [2.05, 4.69) is 10.5 Å². The summed E-state index contributed by atoms with van der Waals surface area (Å²) >= 11 is 0. The van der Waals surface area contributed by atoms with Gasteiger partial charge in [-0.15, -0.1) is 0 Å². The average molecular weight is 264 g/mol. The fourth-order valence-corrected chi connectivity index (χ4v) is 1.48. The molecule has 1 aromatic heterocycles. The van der Waals surface area contributed by atoms with Gasteiger partial charge in [0.15, 0.2) is 5.69 Å². The molecule has 98 valence electrons. The number of aromatic nitrogens is 1. The maximum Gasteiger partial charge on any atom is 0.337 e. The summed E-state index contributed by atoms with van der Waals surface area (Å²) in [4.78, 5) is 22.7. The van der Waals surface area contributed by atoms with Crippen LogP contribution in [0.3, 0.4) is 0 Å². The minimum absolute atomic E-state index is 0.0582. The van der Waals surface area contributed by atoms with Crippen molar-refractivity contribution in [2.45, 2.75) is 6.92 Å². The molecule has 0 atom stereocenters. The van der Waals surface area contributed by atoms with Crippen molar-refractivity contribution in [2.75, 3.05) is 5.32 Å². The molecule has 0 aliphatic carbocycles. The molecule has 0 aliphatic rings. The molecule has 2 aromatic rings. The van der Waals surface area contributed by atoms with Gasteiger partial charge in [-0.1, -0.05) is 11.2 Å². The van der Waals surface area contributed by atoms with Gasteiger partial charge in [-0.05, 0) is 19.1 Å². The Labute approximate surface area is 106 Å². The van der Waals surface area contributed by atoms with Crippen molar-refractivity contribution in [2.24, 2.45) is 0 Å². The second kappa shape index (κ2) is 4.89. The van der Waals surface area contributed by atoms with Crippen LogP contribution in [0.15, 0.2) is 28.8 Å². The molecule has 0 saturated heterocycles. The molecular formula is C12H9FN2O4. The molecule has 0 aliphatic heterocycles. The molecule has 0 spiro atoms. The summed E-state index contributed by atoms with van der Waals surface area (Å²) < 4.78 is 18.3. The normalized spacial score (nSPS) is 10.2. The maximum atomic E-state index is 13.6. The number of aryl methyl sites for hydroxylation is 1. The second-order valence-corrected chi connectivity index (χ2v) is 3.74. The van der Waals surface area contributed by atoms with Crippen molar-refractivity contribution in [3.05, 3.63) is 47.1 Å². The quantitative estimate of drug-likeness (QED) is 0.885. The number of aromatic carboxylic acids is 1. The summed E-state index contributed by atoms with van der Waals surface area (Å²) in [6, 6.07) is 4.84. The van der Waals surface area contributed by atoms with Crippen LogP contribution < -0.4 is 5.32 Å².